The summed E-state index contributed by atoms with van der Waals surface area (Å²) in [4.78, 5) is 14.2. The molecule has 1 saturated heterocycles. The molecule has 0 bridgehead atoms. The molecule has 1 atom stereocenters. The Hall–Kier alpha value is -1.11. The van der Waals surface area contributed by atoms with Gasteiger partial charge in [-0.3, -0.25) is 9.69 Å². The molecule has 1 heterocycles. The quantitative estimate of drug-likeness (QED) is 0.874. The number of carbonyl (C=O) groups is 1. The molecule has 5 nitrogen and oxygen atoms in total. The van der Waals surface area contributed by atoms with Gasteiger partial charge in [-0.1, -0.05) is 23.7 Å². The summed E-state index contributed by atoms with van der Waals surface area (Å²) in [6, 6.07) is 7.28. The lowest BCUT2D eigenvalue weighted by molar-refractivity contribution is -0.122. The van der Waals surface area contributed by atoms with E-state index in [2.05, 4.69) is 10.2 Å². The summed E-state index contributed by atoms with van der Waals surface area (Å²) in [5.41, 5.74) is 0.883. The molecule has 0 aliphatic carbocycles. The third kappa shape index (κ3) is 4.97. The smallest absolute Gasteiger partial charge is 0.227 e. The lowest BCUT2D eigenvalue weighted by Crippen LogP contribution is -2.44. The predicted octanol–water partition coefficient (Wildman–Crippen LogP) is 1.29. The van der Waals surface area contributed by atoms with Crippen LogP contribution in [0.5, 0.6) is 0 Å². The minimum absolute atomic E-state index is 0.0492. The van der Waals surface area contributed by atoms with Crippen molar-refractivity contribution in [2.24, 2.45) is 0 Å². The SMILES string of the molecule is CC(C(=O)NCCN1CCS(=O)(=O)CC1)c1cccc(Cl)c1. The van der Waals surface area contributed by atoms with Crippen LogP contribution >= 0.6 is 11.6 Å². The first-order valence-corrected chi connectivity index (χ1v) is 9.53. The van der Waals surface area contributed by atoms with Gasteiger partial charge in [-0.05, 0) is 24.6 Å². The van der Waals surface area contributed by atoms with E-state index in [0.29, 0.717) is 31.2 Å². The second-order valence-electron chi connectivity index (χ2n) is 5.56. The van der Waals surface area contributed by atoms with Crippen molar-refractivity contribution in [1.82, 2.24) is 10.2 Å². The summed E-state index contributed by atoms with van der Waals surface area (Å²) in [6.45, 7) is 4.12. The summed E-state index contributed by atoms with van der Waals surface area (Å²) in [7, 11) is -2.85. The highest BCUT2D eigenvalue weighted by Crippen LogP contribution is 2.19. The van der Waals surface area contributed by atoms with Crippen LogP contribution in [0.15, 0.2) is 24.3 Å². The average Bonchev–Trinajstić information content (AvgIpc) is 2.48. The zero-order valence-electron chi connectivity index (χ0n) is 12.6. The Morgan fingerprint density at radius 2 is 2.05 bits per heavy atom. The number of hydrogen-bond donors (Lipinski definition) is 1. The zero-order valence-corrected chi connectivity index (χ0v) is 14.2. The van der Waals surface area contributed by atoms with Crippen molar-refractivity contribution in [2.45, 2.75) is 12.8 Å². The molecule has 7 heteroatoms. The molecule has 122 valence electrons. The molecular formula is C15H21ClN2O3S. The summed E-state index contributed by atoms with van der Waals surface area (Å²) < 4.78 is 22.7. The second kappa shape index (κ2) is 7.44. The van der Waals surface area contributed by atoms with Gasteiger partial charge in [-0.15, -0.1) is 0 Å². The molecule has 1 aliphatic heterocycles. The van der Waals surface area contributed by atoms with Gasteiger partial charge in [0.25, 0.3) is 0 Å². The summed E-state index contributed by atoms with van der Waals surface area (Å²) in [5.74, 6) is 0.104. The molecule has 1 aliphatic rings. The highest BCUT2D eigenvalue weighted by atomic mass is 35.5. The lowest BCUT2D eigenvalue weighted by atomic mass is 10.0. The predicted molar refractivity (Wildman–Crippen MR) is 88.0 cm³/mol. The van der Waals surface area contributed by atoms with E-state index in [1.807, 2.05) is 19.1 Å². The fourth-order valence-electron chi connectivity index (χ4n) is 2.39. The van der Waals surface area contributed by atoms with E-state index in [4.69, 9.17) is 11.6 Å². The fourth-order valence-corrected chi connectivity index (χ4v) is 3.87. The van der Waals surface area contributed by atoms with E-state index < -0.39 is 9.84 Å². The van der Waals surface area contributed by atoms with E-state index in [-0.39, 0.29) is 23.3 Å². The van der Waals surface area contributed by atoms with Gasteiger partial charge in [0.15, 0.2) is 9.84 Å². The molecule has 0 saturated carbocycles. The number of halogens is 1. The lowest BCUT2D eigenvalue weighted by Gasteiger charge is -2.26. The molecule has 0 spiro atoms. The summed E-state index contributed by atoms with van der Waals surface area (Å²) in [5, 5.41) is 3.51. The average molecular weight is 345 g/mol. The third-order valence-electron chi connectivity index (χ3n) is 3.91. The summed E-state index contributed by atoms with van der Waals surface area (Å²) in [6.07, 6.45) is 0. The topological polar surface area (TPSA) is 66.5 Å². The van der Waals surface area contributed by atoms with Gasteiger partial charge in [-0.25, -0.2) is 8.42 Å². The van der Waals surface area contributed by atoms with Crippen molar-refractivity contribution in [3.8, 4) is 0 Å². The van der Waals surface area contributed by atoms with Crippen molar-refractivity contribution in [1.29, 1.82) is 0 Å². The Labute approximate surface area is 136 Å². The van der Waals surface area contributed by atoms with Crippen LogP contribution in [0, 0.1) is 0 Å². The molecule has 0 radical (unpaired) electrons. The van der Waals surface area contributed by atoms with Crippen LogP contribution in [0.3, 0.4) is 0 Å². The molecule has 1 amide bonds. The van der Waals surface area contributed by atoms with Crippen LogP contribution in [-0.2, 0) is 14.6 Å². The van der Waals surface area contributed by atoms with Gasteiger partial charge in [0.05, 0.1) is 17.4 Å². The van der Waals surface area contributed by atoms with Crippen LogP contribution < -0.4 is 5.32 Å². The van der Waals surface area contributed by atoms with Gasteiger partial charge in [0, 0.05) is 31.2 Å². The number of nitrogens with zero attached hydrogens (tertiary/aromatic N) is 1. The Morgan fingerprint density at radius 3 is 2.68 bits per heavy atom. The fraction of sp³-hybridized carbons (Fsp3) is 0.533. The first-order valence-electron chi connectivity index (χ1n) is 7.33. The van der Waals surface area contributed by atoms with Gasteiger partial charge >= 0.3 is 0 Å². The molecule has 2 rings (SSSR count). The number of hydrogen-bond acceptors (Lipinski definition) is 4. The maximum Gasteiger partial charge on any atom is 0.227 e. The molecular weight excluding hydrogens is 324 g/mol. The monoisotopic (exact) mass is 344 g/mol. The number of nitrogens with one attached hydrogen (secondary N) is 1. The van der Waals surface area contributed by atoms with Crippen molar-refractivity contribution in [3.63, 3.8) is 0 Å². The van der Waals surface area contributed by atoms with Crippen molar-refractivity contribution in [2.75, 3.05) is 37.7 Å². The van der Waals surface area contributed by atoms with Crippen molar-refractivity contribution >= 4 is 27.3 Å². The number of sulfone groups is 1. The van der Waals surface area contributed by atoms with Crippen LogP contribution in [-0.4, -0.2) is 56.9 Å². The number of benzene rings is 1. The third-order valence-corrected chi connectivity index (χ3v) is 5.75. The molecule has 1 unspecified atom stereocenters. The Morgan fingerprint density at radius 1 is 1.36 bits per heavy atom. The zero-order chi connectivity index (χ0) is 16.2. The van der Waals surface area contributed by atoms with Gasteiger partial charge < -0.3 is 5.32 Å². The molecule has 1 aromatic carbocycles. The van der Waals surface area contributed by atoms with Crippen LogP contribution in [0.1, 0.15) is 18.4 Å². The van der Waals surface area contributed by atoms with E-state index in [1.165, 1.54) is 0 Å². The normalized spacial score (nSPS) is 19.5. The van der Waals surface area contributed by atoms with Crippen molar-refractivity contribution < 1.29 is 13.2 Å². The van der Waals surface area contributed by atoms with Crippen LogP contribution in [0.2, 0.25) is 5.02 Å². The van der Waals surface area contributed by atoms with Gasteiger partial charge in [0.1, 0.15) is 0 Å². The standard InChI is InChI=1S/C15H21ClN2O3S/c1-12(13-3-2-4-14(16)11-13)15(19)17-5-6-18-7-9-22(20,21)10-8-18/h2-4,11-12H,5-10H2,1H3,(H,17,19). The molecule has 22 heavy (non-hydrogen) atoms. The van der Waals surface area contributed by atoms with Gasteiger partial charge in [0.2, 0.25) is 5.91 Å². The Bertz CT molecular complexity index is 619. The highest BCUT2D eigenvalue weighted by Gasteiger charge is 2.21. The maximum absolute atomic E-state index is 12.1. The first kappa shape index (κ1) is 17.2. The number of rotatable bonds is 5. The molecule has 1 fully saturated rings. The summed E-state index contributed by atoms with van der Waals surface area (Å²) >= 11 is 5.94. The van der Waals surface area contributed by atoms with E-state index in [9.17, 15) is 13.2 Å². The molecule has 0 aromatic heterocycles. The minimum atomic E-state index is -2.85. The van der Waals surface area contributed by atoms with E-state index >= 15 is 0 Å². The van der Waals surface area contributed by atoms with Crippen molar-refractivity contribution in [3.05, 3.63) is 34.9 Å². The number of amides is 1. The largest absolute Gasteiger partial charge is 0.354 e. The Balaban J connectivity index is 1.76. The first-order chi connectivity index (χ1) is 10.4. The Kier molecular flexibility index (Phi) is 5.83. The highest BCUT2D eigenvalue weighted by molar-refractivity contribution is 7.91. The molecule has 1 aromatic rings. The van der Waals surface area contributed by atoms with E-state index in [1.54, 1.807) is 12.1 Å². The van der Waals surface area contributed by atoms with Crippen LogP contribution in [0.25, 0.3) is 0 Å². The van der Waals surface area contributed by atoms with Gasteiger partial charge in [-0.2, -0.15) is 0 Å². The maximum atomic E-state index is 12.1. The van der Waals surface area contributed by atoms with Crippen LogP contribution in [0.4, 0.5) is 0 Å². The number of carbonyl (C=O) groups excluding carboxylic acids is 1. The second-order valence-corrected chi connectivity index (χ2v) is 8.30. The minimum Gasteiger partial charge on any atom is -0.354 e. The van der Waals surface area contributed by atoms with E-state index in [0.717, 1.165) is 5.56 Å². The molecule has 1 N–H and O–H groups in total.